The van der Waals surface area contributed by atoms with Crippen LogP contribution in [-0.2, 0) is 37.1 Å². The number of carbonyl (C=O) groups is 2. The Bertz CT molecular complexity index is 1610. The third-order valence-corrected chi connectivity index (χ3v) is 29.2. The average molecular weight is 966 g/mol. The van der Waals surface area contributed by atoms with E-state index >= 15 is 0 Å². The second-order valence-corrected chi connectivity index (χ2v) is 37.4. The fourth-order valence-electron chi connectivity index (χ4n) is 8.71. The number of hydrogen-bond donors (Lipinski definition) is 1. The first-order valence-electron chi connectivity index (χ1n) is 25.0. The minimum atomic E-state index is -2.54. The number of ether oxygens (including phenoxy) is 3. The summed E-state index contributed by atoms with van der Waals surface area (Å²) in [4.78, 5) is 29.0. The van der Waals surface area contributed by atoms with Crippen LogP contribution in [0.3, 0.4) is 0 Å². The van der Waals surface area contributed by atoms with E-state index in [1.165, 1.54) is 12.7 Å². The van der Waals surface area contributed by atoms with Gasteiger partial charge >= 0.3 is 5.97 Å². The van der Waals surface area contributed by atoms with Crippen molar-refractivity contribution >= 4 is 36.7 Å². The summed E-state index contributed by atoms with van der Waals surface area (Å²) in [5.41, 5.74) is 2.08. The number of cyclic esters (lactones) is 1. The largest absolute Gasteiger partial charge is 0.490 e. The van der Waals surface area contributed by atoms with E-state index in [0.29, 0.717) is 0 Å². The molecular formula is C53H100O9Si3. The zero-order valence-corrected chi connectivity index (χ0v) is 49.1. The molecule has 65 heavy (non-hydrogen) atoms. The van der Waals surface area contributed by atoms with E-state index < -0.39 is 67.2 Å². The summed E-state index contributed by atoms with van der Waals surface area (Å²) >= 11 is 0. The van der Waals surface area contributed by atoms with Crippen molar-refractivity contribution in [3.05, 3.63) is 47.3 Å². The molecule has 0 amide bonds. The number of carbonyl (C=O) groups excluding carboxylic acids is 2. The first-order chi connectivity index (χ1) is 29.7. The molecule has 12 heteroatoms. The summed E-state index contributed by atoms with van der Waals surface area (Å²) < 4.78 is 39.9. The number of ketones is 1. The van der Waals surface area contributed by atoms with Gasteiger partial charge in [0.1, 0.15) is 18.0 Å². The predicted molar refractivity (Wildman–Crippen MR) is 280 cm³/mol. The van der Waals surface area contributed by atoms with Crippen molar-refractivity contribution in [3.63, 3.8) is 0 Å². The highest BCUT2D eigenvalue weighted by atomic mass is 28.4. The molecule has 0 aromatic carbocycles. The lowest BCUT2D eigenvalue weighted by molar-refractivity contribution is -0.161. The van der Waals surface area contributed by atoms with Crippen LogP contribution in [0.2, 0.25) is 54.4 Å². The van der Waals surface area contributed by atoms with E-state index in [0.717, 1.165) is 30.1 Å². The molecule has 0 bridgehead atoms. The van der Waals surface area contributed by atoms with Crippen molar-refractivity contribution in [2.45, 2.75) is 228 Å². The van der Waals surface area contributed by atoms with Gasteiger partial charge in [-0.3, -0.25) is 4.79 Å². The summed E-state index contributed by atoms with van der Waals surface area (Å²) in [6, 6.07) is 3.19. The number of esters is 1. The average Bonchev–Trinajstić information content (AvgIpc) is 3.20. The van der Waals surface area contributed by atoms with Crippen molar-refractivity contribution in [1.29, 1.82) is 0 Å². The second-order valence-electron chi connectivity index (χ2n) is 23.1. The first kappa shape index (κ1) is 61.4. The molecule has 0 radical (unpaired) electrons. The minimum absolute atomic E-state index is 0.000830. The van der Waals surface area contributed by atoms with Gasteiger partial charge in [0.2, 0.25) is 5.76 Å². The zero-order chi connectivity index (χ0) is 50.6. The summed E-state index contributed by atoms with van der Waals surface area (Å²) in [6.07, 6.45) is 7.37. The molecule has 1 aliphatic rings. The molecule has 0 fully saturated rings. The van der Waals surface area contributed by atoms with Gasteiger partial charge in [0, 0.05) is 31.3 Å². The van der Waals surface area contributed by atoms with Crippen LogP contribution in [0.5, 0.6) is 0 Å². The maximum Gasteiger partial charge on any atom is 0.373 e. The highest BCUT2D eigenvalue weighted by Gasteiger charge is 2.47. The molecule has 1 rings (SSSR count). The predicted octanol–water partition coefficient (Wildman–Crippen LogP) is 13.6. The van der Waals surface area contributed by atoms with Crippen LogP contribution in [0, 0.1) is 35.5 Å². The molecule has 9 nitrogen and oxygen atoms in total. The van der Waals surface area contributed by atoms with E-state index in [4.69, 9.17) is 27.5 Å². The first-order valence-corrected chi connectivity index (χ1v) is 33.3. The van der Waals surface area contributed by atoms with E-state index in [1.807, 2.05) is 39.8 Å². The van der Waals surface area contributed by atoms with Crippen LogP contribution in [0.4, 0.5) is 0 Å². The molecule has 0 aliphatic carbocycles. The van der Waals surface area contributed by atoms with Crippen LogP contribution in [-0.4, -0.2) is 92.7 Å². The Labute approximate surface area is 402 Å². The lowest BCUT2D eigenvalue weighted by Gasteiger charge is -2.45. The monoisotopic (exact) mass is 965 g/mol. The lowest BCUT2D eigenvalue weighted by atomic mass is 9.81. The number of aliphatic hydroxyl groups is 1. The van der Waals surface area contributed by atoms with Gasteiger partial charge in [-0.2, -0.15) is 0 Å². The fraction of sp³-hybridized carbons (Fsp3) is 0.811. The molecule has 378 valence electrons. The van der Waals surface area contributed by atoms with Gasteiger partial charge in [0.05, 0.1) is 31.5 Å². The Morgan fingerprint density at radius 2 is 1.37 bits per heavy atom. The Kier molecular flexibility index (Phi) is 24.4. The van der Waals surface area contributed by atoms with Gasteiger partial charge < -0.3 is 32.6 Å². The Morgan fingerprint density at radius 1 is 0.862 bits per heavy atom. The second kappa shape index (κ2) is 25.8. The third kappa shape index (κ3) is 17.4. The van der Waals surface area contributed by atoms with Crippen LogP contribution in [0.15, 0.2) is 47.3 Å². The normalized spacial score (nSPS) is 27.4. The topological polar surface area (TPSA) is 110 Å². The third-order valence-electron chi connectivity index (χ3n) is 15.6. The van der Waals surface area contributed by atoms with E-state index in [1.54, 1.807) is 13.2 Å². The summed E-state index contributed by atoms with van der Waals surface area (Å²) in [6.45, 7) is 47.5. The molecule has 0 saturated carbocycles. The van der Waals surface area contributed by atoms with Crippen molar-refractivity contribution in [2.75, 3.05) is 14.2 Å². The van der Waals surface area contributed by atoms with E-state index in [-0.39, 0.29) is 63.9 Å². The number of rotatable bonds is 20. The van der Waals surface area contributed by atoms with Gasteiger partial charge in [0.15, 0.2) is 25.0 Å². The minimum Gasteiger partial charge on any atom is -0.490 e. The van der Waals surface area contributed by atoms with Crippen molar-refractivity contribution < 1.29 is 42.2 Å². The molecule has 0 aromatic rings. The van der Waals surface area contributed by atoms with Gasteiger partial charge in [0.25, 0.3) is 0 Å². The van der Waals surface area contributed by atoms with Crippen LogP contribution < -0.4 is 0 Å². The van der Waals surface area contributed by atoms with Gasteiger partial charge in [-0.15, -0.1) is 0 Å². The smallest absolute Gasteiger partial charge is 0.373 e. The molecule has 1 heterocycles. The van der Waals surface area contributed by atoms with Crippen molar-refractivity contribution in [3.8, 4) is 0 Å². The SMILES string of the molecule is CC[Si](CC)(CC)O[C@@H]1[C@H](C)/C=C(C)/C=C(\OC)C(=O)O[C@H]([C@@H](C)[C@@H](O[Si](C)(C)C(C)(C)C)[C@H](C)C(=O)C[C@@H](O)[C@H](C)[C@H](O[Si](C)(C)C(C)(C)C)C(C)C)[C@@H](OC)/C=C/C=C(\C)C[C@@H]1C. The highest BCUT2D eigenvalue weighted by molar-refractivity contribution is 6.74. The van der Waals surface area contributed by atoms with Crippen LogP contribution >= 0.6 is 0 Å². The van der Waals surface area contributed by atoms with E-state index in [2.05, 4.69) is 135 Å². The number of methoxy groups -OCH3 is 2. The number of allylic oxidation sites excluding steroid dienone is 5. The standard InChI is InChI=1S/C53H100O9Si3/c1-25-65(26-2,27-3)62-48-38(8)31-36(6)29-28-30-45(57-19)50(59-51(56)46(58-20)33-37(7)32-39(48)9)42(12)49(61-64(23,24)53(16,17)18)41(11)44(55)34-43(54)40(10)47(35(4)5)60-63(21,22)52(13,14)15/h28-30,32-33,35,38-43,45,47-50,54H,25-27,31,34H2,1-24H3/b30-28+,36-29+,37-32+,46-33-/t38-,39+,40-,41+,42-,43+,45-,47+,48-,49-,50+/m0/s1. The maximum atomic E-state index is 14.6. The van der Waals surface area contributed by atoms with Crippen LogP contribution in [0.1, 0.15) is 137 Å². The Balaban J connectivity index is 3.94. The molecule has 0 saturated heterocycles. The van der Waals surface area contributed by atoms with Gasteiger partial charge in [-0.25, -0.2) is 4.79 Å². The Hall–Kier alpha value is -1.65. The van der Waals surface area contributed by atoms with Crippen LogP contribution in [0.25, 0.3) is 0 Å². The van der Waals surface area contributed by atoms with Gasteiger partial charge in [-0.1, -0.05) is 146 Å². The molecule has 11 atom stereocenters. The molecule has 0 unspecified atom stereocenters. The number of hydrogen-bond acceptors (Lipinski definition) is 9. The maximum absolute atomic E-state index is 14.6. The molecular weight excluding hydrogens is 865 g/mol. The zero-order valence-electron chi connectivity index (χ0n) is 46.1. The van der Waals surface area contributed by atoms with Crippen molar-refractivity contribution in [2.24, 2.45) is 35.5 Å². The molecule has 1 aliphatic heterocycles. The highest BCUT2D eigenvalue weighted by Crippen LogP contribution is 2.42. The summed E-state index contributed by atoms with van der Waals surface area (Å²) in [7, 11) is -3.56. The Morgan fingerprint density at radius 3 is 1.82 bits per heavy atom. The van der Waals surface area contributed by atoms with E-state index in [9.17, 15) is 14.7 Å². The fourth-order valence-corrected chi connectivity index (χ4v) is 14.7. The number of aliphatic hydroxyl groups excluding tert-OH is 1. The number of Topliss-reactive ketones (excluding diaryl/α,β-unsaturated/α-hetero) is 1. The lowest BCUT2D eigenvalue weighted by Crippen LogP contribution is -2.53. The summed E-state index contributed by atoms with van der Waals surface area (Å²) in [5.74, 6) is -1.70. The summed E-state index contributed by atoms with van der Waals surface area (Å²) in [5, 5.41) is 11.6. The quantitative estimate of drug-likeness (QED) is 0.0942. The molecule has 0 aromatic heterocycles. The van der Waals surface area contributed by atoms with Gasteiger partial charge in [-0.05, 0) is 98.5 Å². The molecule has 1 N–H and O–H groups in total. The molecule has 0 spiro atoms. The van der Waals surface area contributed by atoms with Crippen molar-refractivity contribution in [1.82, 2.24) is 0 Å².